The van der Waals surface area contributed by atoms with Crippen LogP contribution in [0.5, 0.6) is 0 Å². The standard InChI is InChI=1S/C2H4O.CH2O2/c1-2-3;2-1-3/h2-3H,1H2;1H,(H,2,3). The number of aliphatic hydroxyl groups is 1. The Morgan fingerprint density at radius 3 is 1.50 bits per heavy atom. The van der Waals surface area contributed by atoms with Crippen LogP contribution in [0, 0.1) is 0 Å². The van der Waals surface area contributed by atoms with Gasteiger partial charge in [-0.25, -0.2) is 0 Å². The van der Waals surface area contributed by atoms with Crippen molar-refractivity contribution >= 4 is 6.47 Å². The molecule has 0 radical (unpaired) electrons. The van der Waals surface area contributed by atoms with Crippen molar-refractivity contribution in [2.24, 2.45) is 0 Å². The maximum absolute atomic E-state index is 8.36. The van der Waals surface area contributed by atoms with E-state index >= 15 is 0 Å². The third-order valence-electron chi connectivity index (χ3n) is 0. The molecule has 3 nitrogen and oxygen atoms in total. The topological polar surface area (TPSA) is 57.5 Å². The van der Waals surface area contributed by atoms with Gasteiger partial charge in [0.2, 0.25) is 0 Å². The Morgan fingerprint density at radius 2 is 1.50 bits per heavy atom. The van der Waals surface area contributed by atoms with Gasteiger partial charge in [0.25, 0.3) is 6.47 Å². The van der Waals surface area contributed by atoms with Crippen LogP contribution < -0.4 is 0 Å². The fourth-order valence-corrected chi connectivity index (χ4v) is 0. The van der Waals surface area contributed by atoms with Crippen LogP contribution in [-0.4, -0.2) is 16.7 Å². The minimum absolute atomic E-state index is 0.250. The van der Waals surface area contributed by atoms with E-state index in [0.717, 1.165) is 6.26 Å². The SMILES string of the molecule is C=CO.O=CO. The van der Waals surface area contributed by atoms with Gasteiger partial charge in [-0.1, -0.05) is 6.58 Å². The number of hydrogen-bond donors (Lipinski definition) is 2. The van der Waals surface area contributed by atoms with E-state index in [0.29, 0.717) is 0 Å². The minimum atomic E-state index is -0.250. The summed E-state index contributed by atoms with van der Waals surface area (Å²) >= 11 is 0. The van der Waals surface area contributed by atoms with Crippen LogP contribution in [0.2, 0.25) is 0 Å². The summed E-state index contributed by atoms with van der Waals surface area (Å²) in [7, 11) is 0. The average molecular weight is 90.1 g/mol. The van der Waals surface area contributed by atoms with Gasteiger partial charge < -0.3 is 10.2 Å². The lowest BCUT2D eigenvalue weighted by molar-refractivity contribution is -0.122. The average Bonchev–Trinajstić information content (AvgIpc) is 1.39. The first-order chi connectivity index (χ1) is 2.83. The van der Waals surface area contributed by atoms with E-state index in [4.69, 9.17) is 15.0 Å². The first kappa shape index (κ1) is 8.89. The highest BCUT2D eigenvalue weighted by Gasteiger charge is 1.22. The highest BCUT2D eigenvalue weighted by atomic mass is 16.3. The Kier molecular flexibility index (Phi) is 52.8. The molecule has 0 aromatic heterocycles. The van der Waals surface area contributed by atoms with E-state index in [1.165, 1.54) is 0 Å². The van der Waals surface area contributed by atoms with E-state index < -0.39 is 0 Å². The summed E-state index contributed by atoms with van der Waals surface area (Å²) < 4.78 is 0. The van der Waals surface area contributed by atoms with Crippen LogP contribution in [-0.2, 0) is 4.79 Å². The summed E-state index contributed by atoms with van der Waals surface area (Å²) in [6, 6.07) is 0. The molecule has 0 saturated heterocycles. The quantitative estimate of drug-likeness (QED) is 0.334. The van der Waals surface area contributed by atoms with Crippen LogP contribution in [0.1, 0.15) is 0 Å². The summed E-state index contributed by atoms with van der Waals surface area (Å²) in [5.41, 5.74) is 0. The number of hydrogen-bond acceptors (Lipinski definition) is 2. The molecule has 0 amide bonds. The lowest BCUT2D eigenvalue weighted by Gasteiger charge is -1.41. The number of aliphatic hydroxyl groups excluding tert-OH is 1. The molecule has 36 valence electrons. The smallest absolute Gasteiger partial charge is 0.290 e. The molecule has 0 spiro atoms. The number of rotatable bonds is 0. The van der Waals surface area contributed by atoms with Crippen molar-refractivity contribution in [2.45, 2.75) is 0 Å². The first-order valence-electron chi connectivity index (χ1n) is 1.16. The molecule has 6 heavy (non-hydrogen) atoms. The molecular weight excluding hydrogens is 84.0 g/mol. The highest BCUT2D eigenvalue weighted by molar-refractivity contribution is 5.32. The number of carbonyl (C=O) groups is 1. The zero-order valence-electron chi connectivity index (χ0n) is 3.16. The lowest BCUT2D eigenvalue weighted by Crippen LogP contribution is -1.49. The Balaban J connectivity index is 0. The van der Waals surface area contributed by atoms with Crippen molar-refractivity contribution in [3.05, 3.63) is 12.8 Å². The highest BCUT2D eigenvalue weighted by Crippen LogP contribution is 1.26. The summed E-state index contributed by atoms with van der Waals surface area (Å²) in [6.07, 6.45) is 0.750. The van der Waals surface area contributed by atoms with Crippen LogP contribution in [0.15, 0.2) is 12.8 Å². The van der Waals surface area contributed by atoms with Gasteiger partial charge in [-0.2, -0.15) is 0 Å². The zero-order valence-corrected chi connectivity index (χ0v) is 3.16. The van der Waals surface area contributed by atoms with Gasteiger partial charge in [0.1, 0.15) is 0 Å². The van der Waals surface area contributed by atoms with E-state index in [1.807, 2.05) is 0 Å². The molecule has 0 bridgehead atoms. The van der Waals surface area contributed by atoms with Gasteiger partial charge in [0.05, 0.1) is 6.26 Å². The van der Waals surface area contributed by atoms with E-state index in [1.54, 1.807) is 0 Å². The van der Waals surface area contributed by atoms with Gasteiger partial charge in [0.15, 0.2) is 0 Å². The van der Waals surface area contributed by atoms with E-state index in [-0.39, 0.29) is 6.47 Å². The predicted octanol–water partition coefficient (Wildman–Crippen LogP) is 0.389. The van der Waals surface area contributed by atoms with Crippen molar-refractivity contribution in [3.63, 3.8) is 0 Å². The maximum Gasteiger partial charge on any atom is 0.290 e. The largest absolute Gasteiger partial charge is 0.516 e. The van der Waals surface area contributed by atoms with Crippen molar-refractivity contribution in [2.75, 3.05) is 0 Å². The molecule has 0 unspecified atom stereocenters. The van der Waals surface area contributed by atoms with E-state index in [2.05, 4.69) is 6.58 Å². The summed E-state index contributed by atoms with van der Waals surface area (Å²) in [5, 5.41) is 14.2. The minimum Gasteiger partial charge on any atom is -0.516 e. The molecule has 0 fully saturated rings. The van der Waals surface area contributed by atoms with Crippen LogP contribution in [0.4, 0.5) is 0 Å². The third kappa shape index (κ3) is 12.4. The molecule has 3 heteroatoms. The fourth-order valence-electron chi connectivity index (χ4n) is 0. The summed E-state index contributed by atoms with van der Waals surface area (Å²) in [5.74, 6) is 0. The summed E-state index contributed by atoms with van der Waals surface area (Å²) in [6.45, 7) is 2.67. The molecule has 0 aliphatic carbocycles. The fraction of sp³-hybridized carbons (Fsp3) is 0. The second-order valence-corrected chi connectivity index (χ2v) is 0.288. The van der Waals surface area contributed by atoms with Gasteiger partial charge in [-0.05, 0) is 0 Å². The Morgan fingerprint density at radius 1 is 1.50 bits per heavy atom. The predicted molar refractivity (Wildman–Crippen MR) is 21.5 cm³/mol. The van der Waals surface area contributed by atoms with Crippen molar-refractivity contribution in [1.82, 2.24) is 0 Å². The van der Waals surface area contributed by atoms with E-state index in [9.17, 15) is 0 Å². The zero-order chi connectivity index (χ0) is 5.41. The van der Waals surface area contributed by atoms with Gasteiger partial charge in [-0.3, -0.25) is 4.79 Å². The molecule has 0 aliphatic heterocycles. The molecule has 0 atom stereocenters. The van der Waals surface area contributed by atoms with Crippen molar-refractivity contribution < 1.29 is 15.0 Å². The molecule has 0 aromatic carbocycles. The molecular formula is C3H6O3. The Bertz CT molecular complexity index is 27.0. The second-order valence-electron chi connectivity index (χ2n) is 0.288. The van der Waals surface area contributed by atoms with Crippen molar-refractivity contribution in [1.29, 1.82) is 0 Å². The first-order valence-corrected chi connectivity index (χ1v) is 1.16. The number of carboxylic acid groups (broad SMARTS) is 1. The molecule has 2 N–H and O–H groups in total. The molecule has 0 saturated carbocycles. The van der Waals surface area contributed by atoms with Crippen LogP contribution in [0.25, 0.3) is 0 Å². The molecule has 0 aliphatic rings. The molecule has 0 rings (SSSR count). The van der Waals surface area contributed by atoms with Gasteiger partial charge in [-0.15, -0.1) is 0 Å². The monoisotopic (exact) mass is 90.0 g/mol. The van der Waals surface area contributed by atoms with Gasteiger partial charge in [0, 0.05) is 0 Å². The van der Waals surface area contributed by atoms with Crippen LogP contribution >= 0.6 is 0 Å². The second kappa shape index (κ2) is 35.6. The van der Waals surface area contributed by atoms with Crippen LogP contribution in [0.3, 0.4) is 0 Å². The lowest BCUT2D eigenvalue weighted by atomic mass is 11.2. The van der Waals surface area contributed by atoms with Gasteiger partial charge >= 0.3 is 0 Å². The van der Waals surface area contributed by atoms with Crippen molar-refractivity contribution in [3.8, 4) is 0 Å². The Hall–Kier alpha value is -0.990. The third-order valence-corrected chi connectivity index (χ3v) is 0. The maximum atomic E-state index is 8.36. The molecule has 0 heterocycles. The summed E-state index contributed by atoms with van der Waals surface area (Å²) in [4.78, 5) is 8.36. The Labute approximate surface area is 35.5 Å². The normalized spacial score (nSPS) is 4.00. The molecule has 0 aromatic rings.